The number of hydrogen-bond donors (Lipinski definition) is 2. The third kappa shape index (κ3) is 7.05. The Labute approximate surface area is 204 Å². The fourth-order valence-electron chi connectivity index (χ4n) is 3.69. The van der Waals surface area contributed by atoms with Crippen molar-refractivity contribution < 1.29 is 28.7 Å². The molecule has 186 valence electrons. The minimum atomic E-state index is -0.925. The number of carbonyl (C=O) groups excluding carboxylic acids is 4. The van der Waals surface area contributed by atoms with Gasteiger partial charge in [0.25, 0.3) is 11.8 Å². The monoisotopic (exact) mass is 481 g/mol. The van der Waals surface area contributed by atoms with Crippen molar-refractivity contribution in [2.45, 2.75) is 39.7 Å². The van der Waals surface area contributed by atoms with E-state index in [4.69, 9.17) is 9.47 Å². The molecule has 1 heterocycles. The zero-order valence-corrected chi connectivity index (χ0v) is 20.2. The highest BCUT2D eigenvalue weighted by Gasteiger charge is 2.27. The van der Waals surface area contributed by atoms with Crippen LogP contribution in [-0.2, 0) is 19.1 Å². The Morgan fingerprint density at radius 1 is 1.09 bits per heavy atom. The maximum Gasteiger partial charge on any atom is 0.329 e. The van der Waals surface area contributed by atoms with Gasteiger partial charge in [-0.05, 0) is 61.7 Å². The van der Waals surface area contributed by atoms with E-state index < -0.39 is 30.4 Å². The molecule has 2 aromatic carbocycles. The van der Waals surface area contributed by atoms with Gasteiger partial charge in [0.05, 0.1) is 6.61 Å². The number of carbonyl (C=O) groups is 4. The molecular formula is C26H31N3O6. The summed E-state index contributed by atoms with van der Waals surface area (Å²) < 4.78 is 10.6. The maximum absolute atomic E-state index is 12.6. The normalized spacial score (nSPS) is 13.9. The van der Waals surface area contributed by atoms with E-state index in [9.17, 15) is 19.2 Å². The number of nitrogens with one attached hydrogen (secondary N) is 2. The Hall–Kier alpha value is -3.88. The van der Waals surface area contributed by atoms with Crippen molar-refractivity contribution in [2.75, 3.05) is 30.0 Å². The average Bonchev–Trinajstić information content (AvgIpc) is 3.27. The van der Waals surface area contributed by atoms with Crippen molar-refractivity contribution in [2.24, 2.45) is 5.92 Å². The van der Waals surface area contributed by atoms with Gasteiger partial charge in [-0.1, -0.05) is 19.9 Å². The number of hydrogen-bond acceptors (Lipinski definition) is 6. The van der Waals surface area contributed by atoms with Gasteiger partial charge in [0.2, 0.25) is 5.91 Å². The van der Waals surface area contributed by atoms with Gasteiger partial charge in [0.1, 0.15) is 11.8 Å². The summed E-state index contributed by atoms with van der Waals surface area (Å²) in [6, 6.07) is 12.6. The predicted molar refractivity (Wildman–Crippen MR) is 131 cm³/mol. The first kappa shape index (κ1) is 25.7. The molecule has 3 rings (SSSR count). The number of nitrogens with zero attached hydrogens (tertiary/aromatic N) is 1. The predicted octanol–water partition coefficient (Wildman–Crippen LogP) is 3.15. The first-order chi connectivity index (χ1) is 16.8. The van der Waals surface area contributed by atoms with Crippen molar-refractivity contribution >= 4 is 35.1 Å². The number of benzene rings is 2. The zero-order valence-electron chi connectivity index (χ0n) is 20.2. The van der Waals surface area contributed by atoms with Gasteiger partial charge in [-0.25, -0.2) is 4.79 Å². The summed E-state index contributed by atoms with van der Waals surface area (Å²) in [4.78, 5) is 51.2. The molecule has 1 saturated heterocycles. The van der Waals surface area contributed by atoms with Crippen LogP contribution in [0.5, 0.6) is 5.75 Å². The lowest BCUT2D eigenvalue weighted by Gasteiger charge is -2.21. The first-order valence-corrected chi connectivity index (χ1v) is 11.7. The van der Waals surface area contributed by atoms with Crippen molar-refractivity contribution in [3.8, 4) is 5.75 Å². The van der Waals surface area contributed by atoms with Gasteiger partial charge < -0.3 is 25.0 Å². The van der Waals surface area contributed by atoms with Crippen LogP contribution in [0.1, 0.15) is 44.0 Å². The summed E-state index contributed by atoms with van der Waals surface area (Å²) in [5, 5.41) is 5.35. The van der Waals surface area contributed by atoms with Gasteiger partial charge in [-0.3, -0.25) is 14.4 Å². The van der Waals surface area contributed by atoms with Crippen molar-refractivity contribution in [3.63, 3.8) is 0 Å². The Kier molecular flexibility index (Phi) is 8.83. The van der Waals surface area contributed by atoms with Crippen molar-refractivity contribution in [3.05, 3.63) is 54.1 Å². The minimum Gasteiger partial charge on any atom is -0.494 e. The fraction of sp³-hybridized carbons (Fsp3) is 0.385. The largest absolute Gasteiger partial charge is 0.494 e. The maximum atomic E-state index is 12.6. The van der Waals surface area contributed by atoms with Gasteiger partial charge >= 0.3 is 5.97 Å². The smallest absolute Gasteiger partial charge is 0.329 e. The summed E-state index contributed by atoms with van der Waals surface area (Å²) in [6.07, 6.45) is 1.32. The third-order valence-corrected chi connectivity index (χ3v) is 5.50. The summed E-state index contributed by atoms with van der Waals surface area (Å²) in [6.45, 7) is 6.07. The van der Waals surface area contributed by atoms with Gasteiger partial charge in [-0.15, -0.1) is 0 Å². The van der Waals surface area contributed by atoms with Crippen LogP contribution in [0, 0.1) is 5.92 Å². The van der Waals surface area contributed by atoms with Crippen molar-refractivity contribution in [1.82, 2.24) is 5.32 Å². The lowest BCUT2D eigenvalue weighted by Crippen LogP contribution is -2.45. The molecular weight excluding hydrogens is 450 g/mol. The van der Waals surface area contributed by atoms with E-state index in [1.807, 2.05) is 6.92 Å². The molecule has 1 atom stereocenters. The third-order valence-electron chi connectivity index (χ3n) is 5.50. The van der Waals surface area contributed by atoms with Crippen LogP contribution in [-0.4, -0.2) is 49.5 Å². The molecule has 1 aliphatic rings. The van der Waals surface area contributed by atoms with Crippen LogP contribution >= 0.6 is 0 Å². The Balaban J connectivity index is 1.54. The van der Waals surface area contributed by atoms with Crippen LogP contribution in [0.25, 0.3) is 0 Å². The van der Waals surface area contributed by atoms with Crippen molar-refractivity contribution in [1.29, 1.82) is 0 Å². The molecule has 0 radical (unpaired) electrons. The molecule has 35 heavy (non-hydrogen) atoms. The quantitative estimate of drug-likeness (QED) is 0.504. The number of esters is 1. The molecule has 0 unspecified atom stereocenters. The van der Waals surface area contributed by atoms with E-state index in [1.54, 1.807) is 67.3 Å². The molecule has 0 bridgehead atoms. The van der Waals surface area contributed by atoms with Gasteiger partial charge in [0.15, 0.2) is 6.61 Å². The Bertz CT molecular complexity index is 1070. The summed E-state index contributed by atoms with van der Waals surface area (Å²) in [5.74, 6) is -1.22. The number of rotatable bonds is 10. The van der Waals surface area contributed by atoms with E-state index in [-0.39, 0.29) is 11.8 Å². The molecule has 2 N–H and O–H groups in total. The Morgan fingerprint density at radius 2 is 1.83 bits per heavy atom. The molecule has 1 aliphatic heterocycles. The van der Waals surface area contributed by atoms with E-state index in [2.05, 4.69) is 10.6 Å². The summed E-state index contributed by atoms with van der Waals surface area (Å²) >= 11 is 0. The van der Waals surface area contributed by atoms with E-state index >= 15 is 0 Å². The molecule has 0 aromatic heterocycles. The Morgan fingerprint density at radius 3 is 2.46 bits per heavy atom. The second-order valence-electron chi connectivity index (χ2n) is 8.51. The number of amides is 3. The summed E-state index contributed by atoms with van der Waals surface area (Å²) in [5.41, 5.74) is 1.58. The van der Waals surface area contributed by atoms with Crippen LogP contribution in [0.2, 0.25) is 0 Å². The second-order valence-corrected chi connectivity index (χ2v) is 8.51. The SMILES string of the molecule is CCOc1ccc(C(=O)N[C@H](C(=O)OCC(=O)Nc2cccc(N3CCCC3=O)c2)C(C)C)cc1. The van der Waals surface area contributed by atoms with Crippen LogP contribution < -0.4 is 20.3 Å². The molecule has 2 aromatic rings. The molecule has 3 amide bonds. The van der Waals surface area contributed by atoms with E-state index in [1.165, 1.54) is 0 Å². The fourth-order valence-corrected chi connectivity index (χ4v) is 3.69. The lowest BCUT2D eigenvalue weighted by atomic mass is 10.0. The lowest BCUT2D eigenvalue weighted by molar-refractivity contribution is -0.150. The van der Waals surface area contributed by atoms with E-state index in [0.29, 0.717) is 42.3 Å². The molecule has 9 nitrogen and oxygen atoms in total. The molecule has 0 aliphatic carbocycles. The van der Waals surface area contributed by atoms with E-state index in [0.717, 1.165) is 6.42 Å². The first-order valence-electron chi connectivity index (χ1n) is 11.7. The molecule has 0 spiro atoms. The van der Waals surface area contributed by atoms with Crippen LogP contribution in [0.3, 0.4) is 0 Å². The standard InChI is InChI=1S/C26H31N3O6/c1-4-34-21-12-10-18(11-13-21)25(32)28-24(17(2)3)26(33)35-16-22(30)27-19-7-5-8-20(15-19)29-14-6-9-23(29)31/h5,7-8,10-13,15,17,24H,4,6,9,14,16H2,1-3H3,(H,27,30)(H,28,32)/t24-/m0/s1. The highest BCUT2D eigenvalue weighted by atomic mass is 16.5. The van der Waals surface area contributed by atoms with Gasteiger partial charge in [-0.2, -0.15) is 0 Å². The summed E-state index contributed by atoms with van der Waals surface area (Å²) in [7, 11) is 0. The molecule has 9 heteroatoms. The van der Waals surface area contributed by atoms with Crippen LogP contribution in [0.4, 0.5) is 11.4 Å². The molecule has 0 saturated carbocycles. The molecule has 1 fully saturated rings. The second kappa shape index (κ2) is 12.0. The minimum absolute atomic E-state index is 0.0504. The van der Waals surface area contributed by atoms with Crippen LogP contribution in [0.15, 0.2) is 48.5 Å². The topological polar surface area (TPSA) is 114 Å². The highest BCUT2D eigenvalue weighted by Crippen LogP contribution is 2.24. The van der Waals surface area contributed by atoms with Gasteiger partial charge in [0, 0.05) is 29.9 Å². The number of ether oxygens (including phenoxy) is 2. The highest BCUT2D eigenvalue weighted by molar-refractivity contribution is 5.99. The zero-order chi connectivity index (χ0) is 25.4. The average molecular weight is 482 g/mol. The number of anilines is 2.